The molecule has 1 amide bonds. The molecule has 3 nitrogen and oxygen atoms in total. The van der Waals surface area contributed by atoms with Crippen LogP contribution in [0, 0.1) is 34.5 Å². The maximum absolute atomic E-state index is 11.9. The second-order valence-corrected chi connectivity index (χ2v) is 9.15. The fourth-order valence-corrected chi connectivity index (χ4v) is 7.36. The first-order chi connectivity index (χ1) is 10.5. The lowest BCUT2D eigenvalue weighted by molar-refractivity contribution is -0.131. The van der Waals surface area contributed by atoms with Crippen LogP contribution >= 0.6 is 0 Å². The third-order valence-corrected chi connectivity index (χ3v) is 8.50. The van der Waals surface area contributed by atoms with Gasteiger partial charge in [0.15, 0.2) is 0 Å². The predicted octanol–water partition coefficient (Wildman–Crippen LogP) is 3.08. The maximum Gasteiger partial charge on any atom is 0.221 e. The number of rotatable bonds is 1. The second-order valence-electron chi connectivity index (χ2n) is 9.15. The molecule has 0 unspecified atom stereocenters. The normalized spacial score (nSPS) is 54.2. The molecule has 3 N–H and O–H groups in total. The van der Waals surface area contributed by atoms with Crippen molar-refractivity contribution >= 4 is 5.91 Å². The molecular formula is C19H32N2O. The highest BCUT2D eigenvalue weighted by Gasteiger charge is 2.60. The number of hydrogen-bond donors (Lipinski definition) is 2. The van der Waals surface area contributed by atoms with Crippen LogP contribution in [-0.4, -0.2) is 18.5 Å². The zero-order valence-electron chi connectivity index (χ0n) is 14.2. The van der Waals surface area contributed by atoms with E-state index in [0.29, 0.717) is 5.41 Å². The number of piperidine rings is 1. The molecular weight excluding hydrogens is 272 g/mol. The van der Waals surface area contributed by atoms with Gasteiger partial charge in [0.1, 0.15) is 0 Å². The predicted molar refractivity (Wildman–Crippen MR) is 88.1 cm³/mol. The lowest BCUT2D eigenvalue weighted by Gasteiger charge is -2.60. The van der Waals surface area contributed by atoms with Gasteiger partial charge in [0.2, 0.25) is 5.91 Å². The summed E-state index contributed by atoms with van der Waals surface area (Å²) in [6.45, 7) is 6.15. The number of carbonyl (C=O) groups excluding carboxylic acids is 1. The van der Waals surface area contributed by atoms with Gasteiger partial charge in [-0.2, -0.15) is 0 Å². The van der Waals surface area contributed by atoms with E-state index in [2.05, 4.69) is 19.2 Å². The molecule has 3 heteroatoms. The first kappa shape index (κ1) is 15.0. The summed E-state index contributed by atoms with van der Waals surface area (Å²) >= 11 is 0. The van der Waals surface area contributed by atoms with Gasteiger partial charge in [0.25, 0.3) is 0 Å². The minimum absolute atomic E-state index is 0.0392. The number of nitrogens with two attached hydrogens (primary N) is 1. The summed E-state index contributed by atoms with van der Waals surface area (Å²) in [7, 11) is 0. The first-order valence-electron chi connectivity index (χ1n) is 9.49. The number of amides is 1. The number of hydrogen-bond acceptors (Lipinski definition) is 2. The van der Waals surface area contributed by atoms with E-state index in [9.17, 15) is 4.79 Å². The Kier molecular flexibility index (Phi) is 3.38. The van der Waals surface area contributed by atoms with Crippen molar-refractivity contribution in [3.63, 3.8) is 0 Å². The highest BCUT2D eigenvalue weighted by atomic mass is 16.1. The van der Waals surface area contributed by atoms with Crippen LogP contribution in [0.25, 0.3) is 0 Å². The van der Waals surface area contributed by atoms with Gasteiger partial charge in [-0.05, 0) is 86.5 Å². The standard InChI is InChI=1S/C19H32N2O/c1-18-10-8-14-12(13(18)5-6-15(18)17(20)22)4-7-16-19(14,2)9-3-11-21-16/h12-16,21H,3-11H2,1-2H3,(H2,20,22)/t12-,13-,14-,15+,16+,18-,19+/m0/s1. The van der Waals surface area contributed by atoms with Crippen LogP contribution in [0.3, 0.4) is 0 Å². The van der Waals surface area contributed by atoms with E-state index in [-0.39, 0.29) is 17.2 Å². The van der Waals surface area contributed by atoms with Crippen molar-refractivity contribution < 1.29 is 4.79 Å². The van der Waals surface area contributed by atoms with E-state index in [1.54, 1.807) is 0 Å². The van der Waals surface area contributed by atoms with Crippen molar-refractivity contribution in [1.29, 1.82) is 0 Å². The minimum Gasteiger partial charge on any atom is -0.369 e. The van der Waals surface area contributed by atoms with Crippen LogP contribution in [0.2, 0.25) is 0 Å². The van der Waals surface area contributed by atoms with Crippen LogP contribution in [0.1, 0.15) is 65.2 Å². The fourth-order valence-electron chi connectivity index (χ4n) is 7.36. The molecule has 1 aliphatic heterocycles. The molecule has 0 bridgehead atoms. The molecule has 124 valence electrons. The van der Waals surface area contributed by atoms with Crippen LogP contribution in [-0.2, 0) is 4.79 Å². The Hall–Kier alpha value is -0.570. The SMILES string of the molecule is C[C@]12CCCN[C@@H]1CC[C@@H]1[C@@H]2CC[C@]2(C)[C@@H](C(N)=O)CC[C@@H]12. The topological polar surface area (TPSA) is 55.1 Å². The van der Waals surface area contributed by atoms with Crippen LogP contribution in [0.5, 0.6) is 0 Å². The van der Waals surface area contributed by atoms with E-state index >= 15 is 0 Å². The van der Waals surface area contributed by atoms with Gasteiger partial charge in [0, 0.05) is 12.0 Å². The molecule has 0 aromatic carbocycles. The molecule has 4 rings (SSSR count). The molecule has 4 fully saturated rings. The van der Waals surface area contributed by atoms with Gasteiger partial charge in [-0.3, -0.25) is 4.79 Å². The van der Waals surface area contributed by atoms with E-state index in [1.807, 2.05) is 0 Å². The number of nitrogens with one attached hydrogen (secondary N) is 1. The summed E-state index contributed by atoms with van der Waals surface area (Å²) in [5, 5.41) is 3.82. The Morgan fingerprint density at radius 1 is 1.00 bits per heavy atom. The summed E-state index contributed by atoms with van der Waals surface area (Å²) in [5.41, 5.74) is 6.43. The van der Waals surface area contributed by atoms with E-state index in [4.69, 9.17) is 5.73 Å². The van der Waals surface area contributed by atoms with Gasteiger partial charge in [-0.15, -0.1) is 0 Å². The van der Waals surface area contributed by atoms with E-state index < -0.39 is 0 Å². The largest absolute Gasteiger partial charge is 0.369 e. The summed E-state index contributed by atoms with van der Waals surface area (Å²) in [6.07, 6.45) is 10.2. The number of primary amides is 1. The molecule has 0 radical (unpaired) electrons. The number of fused-ring (bicyclic) bond motifs is 5. The molecule has 0 aromatic heterocycles. The zero-order chi connectivity index (χ0) is 15.5. The molecule has 3 aliphatic carbocycles. The molecule has 3 saturated carbocycles. The summed E-state index contributed by atoms with van der Waals surface area (Å²) in [6, 6.07) is 0.736. The molecule has 4 aliphatic rings. The summed E-state index contributed by atoms with van der Waals surface area (Å²) < 4.78 is 0. The van der Waals surface area contributed by atoms with E-state index in [1.165, 1.54) is 51.5 Å². The minimum atomic E-state index is -0.0392. The Labute approximate surface area is 134 Å². The third-order valence-electron chi connectivity index (χ3n) is 8.50. The highest BCUT2D eigenvalue weighted by Crippen LogP contribution is 2.65. The lowest BCUT2D eigenvalue weighted by Crippen LogP contribution is -2.60. The Morgan fingerprint density at radius 2 is 1.77 bits per heavy atom. The van der Waals surface area contributed by atoms with Crippen molar-refractivity contribution in [1.82, 2.24) is 5.32 Å². The highest BCUT2D eigenvalue weighted by molar-refractivity contribution is 5.78. The molecule has 7 atom stereocenters. The van der Waals surface area contributed by atoms with Gasteiger partial charge >= 0.3 is 0 Å². The molecule has 22 heavy (non-hydrogen) atoms. The molecule has 0 aromatic rings. The maximum atomic E-state index is 11.9. The van der Waals surface area contributed by atoms with Gasteiger partial charge < -0.3 is 11.1 Å². The van der Waals surface area contributed by atoms with Crippen LogP contribution < -0.4 is 11.1 Å². The smallest absolute Gasteiger partial charge is 0.221 e. The van der Waals surface area contributed by atoms with Crippen molar-refractivity contribution in [2.24, 2.45) is 40.2 Å². The van der Waals surface area contributed by atoms with E-state index in [0.717, 1.165) is 30.2 Å². The van der Waals surface area contributed by atoms with Crippen LogP contribution in [0.4, 0.5) is 0 Å². The molecule has 1 heterocycles. The average molecular weight is 304 g/mol. The molecule has 0 spiro atoms. The Balaban J connectivity index is 1.63. The molecule has 1 saturated heterocycles. The summed E-state index contributed by atoms with van der Waals surface area (Å²) in [5.74, 6) is 2.53. The van der Waals surface area contributed by atoms with Crippen molar-refractivity contribution in [3.8, 4) is 0 Å². The Bertz CT molecular complexity index is 478. The third kappa shape index (κ3) is 1.87. The quantitative estimate of drug-likeness (QED) is 0.782. The zero-order valence-corrected chi connectivity index (χ0v) is 14.2. The fraction of sp³-hybridized carbons (Fsp3) is 0.947. The number of carbonyl (C=O) groups is 1. The van der Waals surface area contributed by atoms with Gasteiger partial charge in [0.05, 0.1) is 0 Å². The average Bonchev–Trinajstić information content (AvgIpc) is 2.84. The first-order valence-corrected chi connectivity index (χ1v) is 9.49. The second kappa shape index (κ2) is 4.96. The van der Waals surface area contributed by atoms with Crippen LogP contribution in [0.15, 0.2) is 0 Å². The van der Waals surface area contributed by atoms with Crippen molar-refractivity contribution in [2.75, 3.05) is 6.54 Å². The van der Waals surface area contributed by atoms with Gasteiger partial charge in [-0.1, -0.05) is 13.8 Å². The summed E-state index contributed by atoms with van der Waals surface area (Å²) in [4.78, 5) is 11.9. The van der Waals surface area contributed by atoms with Crippen molar-refractivity contribution in [3.05, 3.63) is 0 Å². The van der Waals surface area contributed by atoms with Crippen molar-refractivity contribution in [2.45, 2.75) is 71.3 Å². The monoisotopic (exact) mass is 304 g/mol. The van der Waals surface area contributed by atoms with Gasteiger partial charge in [-0.25, -0.2) is 0 Å². The lowest BCUT2D eigenvalue weighted by atomic mass is 9.47. The Morgan fingerprint density at radius 3 is 2.55 bits per heavy atom.